The van der Waals surface area contributed by atoms with Crippen LogP contribution in [0, 0.1) is 0 Å². The van der Waals surface area contributed by atoms with Crippen LogP contribution in [0.15, 0.2) is 5.38 Å². The van der Waals surface area contributed by atoms with E-state index >= 15 is 0 Å². The van der Waals surface area contributed by atoms with Gasteiger partial charge in [0.25, 0.3) is 0 Å². The van der Waals surface area contributed by atoms with Gasteiger partial charge in [-0.3, -0.25) is 4.79 Å². The van der Waals surface area contributed by atoms with E-state index in [0.29, 0.717) is 18.2 Å². The van der Waals surface area contributed by atoms with Crippen molar-refractivity contribution < 1.29 is 9.53 Å². The highest BCUT2D eigenvalue weighted by atomic mass is 32.1. The molecule has 0 unspecified atom stereocenters. The van der Waals surface area contributed by atoms with Gasteiger partial charge in [-0.05, 0) is 0 Å². The van der Waals surface area contributed by atoms with Crippen molar-refractivity contribution >= 4 is 22.4 Å². The third-order valence-electron chi connectivity index (χ3n) is 1.23. The van der Waals surface area contributed by atoms with Gasteiger partial charge in [-0.25, -0.2) is 4.98 Å². The van der Waals surface area contributed by atoms with E-state index in [4.69, 9.17) is 10.5 Å². The number of hydrogen-bond donors (Lipinski definition) is 1. The van der Waals surface area contributed by atoms with E-state index in [1.165, 1.54) is 18.3 Å². The monoisotopic (exact) mass is 186 g/mol. The van der Waals surface area contributed by atoms with E-state index in [2.05, 4.69) is 4.98 Å². The smallest absolute Gasteiger partial charge is 0.302 e. The van der Waals surface area contributed by atoms with Crippen molar-refractivity contribution in [1.82, 2.24) is 4.98 Å². The minimum atomic E-state index is -0.266. The second-order valence-electron chi connectivity index (χ2n) is 2.27. The zero-order valence-corrected chi connectivity index (χ0v) is 7.56. The van der Waals surface area contributed by atoms with Gasteiger partial charge < -0.3 is 10.5 Å². The predicted octanol–water partition coefficient (Wildman–Crippen LogP) is 0.831. The lowest BCUT2D eigenvalue weighted by atomic mass is 10.4. The predicted molar refractivity (Wildman–Crippen MR) is 46.9 cm³/mol. The van der Waals surface area contributed by atoms with Crippen molar-refractivity contribution in [1.29, 1.82) is 0 Å². The van der Waals surface area contributed by atoms with Crippen LogP contribution >= 0.6 is 11.3 Å². The molecule has 0 fully saturated rings. The summed E-state index contributed by atoms with van der Waals surface area (Å²) in [5.41, 5.74) is 6.28. The van der Waals surface area contributed by atoms with Gasteiger partial charge in [0.05, 0.1) is 12.3 Å². The Morgan fingerprint density at radius 3 is 3.08 bits per heavy atom. The summed E-state index contributed by atoms with van der Waals surface area (Å²) in [7, 11) is 0. The molecule has 1 heterocycles. The fraction of sp³-hybridized carbons (Fsp3) is 0.429. The van der Waals surface area contributed by atoms with Crippen LogP contribution < -0.4 is 5.73 Å². The van der Waals surface area contributed by atoms with E-state index in [9.17, 15) is 4.79 Å². The summed E-state index contributed by atoms with van der Waals surface area (Å²) in [6.45, 7) is 1.76. The lowest BCUT2D eigenvalue weighted by Crippen LogP contribution is -2.03. The van der Waals surface area contributed by atoms with Crippen molar-refractivity contribution in [3.8, 4) is 0 Å². The molecule has 4 nitrogen and oxygen atoms in total. The molecular formula is C7H10N2O2S. The van der Waals surface area contributed by atoms with Gasteiger partial charge in [0.2, 0.25) is 0 Å². The second kappa shape index (κ2) is 4.06. The molecule has 0 amide bonds. The van der Waals surface area contributed by atoms with Gasteiger partial charge in [0, 0.05) is 18.7 Å². The normalized spacial score (nSPS) is 9.75. The van der Waals surface area contributed by atoms with E-state index in [-0.39, 0.29) is 5.97 Å². The average molecular weight is 186 g/mol. The number of rotatable bonds is 3. The van der Waals surface area contributed by atoms with Crippen LogP contribution in [-0.2, 0) is 16.0 Å². The lowest BCUT2D eigenvalue weighted by Gasteiger charge is -1.97. The van der Waals surface area contributed by atoms with Crippen LogP contribution in [0.4, 0.5) is 5.13 Å². The molecular weight excluding hydrogens is 176 g/mol. The van der Waals surface area contributed by atoms with E-state index in [1.54, 1.807) is 0 Å². The number of thiazole rings is 1. The van der Waals surface area contributed by atoms with Gasteiger partial charge in [-0.15, -0.1) is 11.3 Å². The summed E-state index contributed by atoms with van der Waals surface area (Å²) in [4.78, 5) is 14.4. The molecule has 0 spiro atoms. The first-order valence-corrected chi connectivity index (χ1v) is 4.39. The maximum atomic E-state index is 10.4. The maximum Gasteiger partial charge on any atom is 0.302 e. The standard InChI is InChI=1S/C7H10N2O2S/c1-5(10)11-3-2-6-4-12-7(8)9-6/h4H,2-3H2,1H3,(H2,8,9). The molecule has 0 saturated carbocycles. The Kier molecular flexibility index (Phi) is 3.04. The molecule has 0 aliphatic heterocycles. The first-order valence-electron chi connectivity index (χ1n) is 3.51. The Bertz CT molecular complexity index is 272. The van der Waals surface area contributed by atoms with Crippen molar-refractivity contribution in [3.63, 3.8) is 0 Å². The van der Waals surface area contributed by atoms with Crippen LogP contribution in [-0.4, -0.2) is 17.6 Å². The zero-order valence-electron chi connectivity index (χ0n) is 6.74. The Morgan fingerprint density at radius 1 is 1.83 bits per heavy atom. The van der Waals surface area contributed by atoms with Crippen LogP contribution in [0.25, 0.3) is 0 Å². The molecule has 1 aromatic heterocycles. The van der Waals surface area contributed by atoms with Crippen LogP contribution in [0.5, 0.6) is 0 Å². The highest BCUT2D eigenvalue weighted by Gasteiger charge is 1.99. The number of carbonyl (C=O) groups excluding carboxylic acids is 1. The highest BCUT2D eigenvalue weighted by Crippen LogP contribution is 2.11. The SMILES string of the molecule is CC(=O)OCCc1csc(N)n1. The number of aromatic nitrogens is 1. The molecule has 0 atom stereocenters. The molecule has 1 rings (SSSR count). The summed E-state index contributed by atoms with van der Waals surface area (Å²) < 4.78 is 4.74. The largest absolute Gasteiger partial charge is 0.465 e. The molecule has 0 saturated heterocycles. The van der Waals surface area contributed by atoms with Crippen molar-refractivity contribution in [2.75, 3.05) is 12.3 Å². The quantitative estimate of drug-likeness (QED) is 0.710. The van der Waals surface area contributed by atoms with Gasteiger partial charge >= 0.3 is 5.97 Å². The summed E-state index contributed by atoms with van der Waals surface area (Å²) in [6, 6.07) is 0. The summed E-state index contributed by atoms with van der Waals surface area (Å²) >= 11 is 1.39. The number of nitrogens with zero attached hydrogens (tertiary/aromatic N) is 1. The summed E-state index contributed by atoms with van der Waals surface area (Å²) in [5.74, 6) is -0.266. The first-order chi connectivity index (χ1) is 5.68. The van der Waals surface area contributed by atoms with Crippen molar-refractivity contribution in [3.05, 3.63) is 11.1 Å². The number of nitrogen functional groups attached to an aromatic ring is 1. The van der Waals surface area contributed by atoms with E-state index < -0.39 is 0 Å². The number of carbonyl (C=O) groups is 1. The molecule has 0 aliphatic rings. The lowest BCUT2D eigenvalue weighted by molar-refractivity contribution is -0.140. The second-order valence-corrected chi connectivity index (χ2v) is 3.16. The number of ether oxygens (including phenoxy) is 1. The summed E-state index contributed by atoms with van der Waals surface area (Å²) in [6.07, 6.45) is 0.632. The van der Waals surface area contributed by atoms with Gasteiger partial charge in [0.1, 0.15) is 0 Å². The minimum absolute atomic E-state index is 0.266. The average Bonchev–Trinajstić information content (AvgIpc) is 2.35. The molecule has 12 heavy (non-hydrogen) atoms. The fourth-order valence-electron chi connectivity index (χ4n) is 0.737. The van der Waals surface area contributed by atoms with Crippen LogP contribution in [0.2, 0.25) is 0 Å². The number of anilines is 1. The topological polar surface area (TPSA) is 65.2 Å². The minimum Gasteiger partial charge on any atom is -0.465 e. The zero-order chi connectivity index (χ0) is 8.97. The van der Waals surface area contributed by atoms with Gasteiger partial charge in [0.15, 0.2) is 5.13 Å². The Hall–Kier alpha value is -1.10. The third-order valence-corrected chi connectivity index (χ3v) is 1.96. The molecule has 0 radical (unpaired) electrons. The molecule has 1 aromatic rings. The molecule has 0 bridgehead atoms. The van der Waals surface area contributed by atoms with Crippen LogP contribution in [0.1, 0.15) is 12.6 Å². The molecule has 66 valence electrons. The van der Waals surface area contributed by atoms with Crippen molar-refractivity contribution in [2.45, 2.75) is 13.3 Å². The number of hydrogen-bond acceptors (Lipinski definition) is 5. The Labute approximate surface area is 74.4 Å². The molecule has 5 heteroatoms. The highest BCUT2D eigenvalue weighted by molar-refractivity contribution is 7.13. The van der Waals surface area contributed by atoms with Crippen LogP contribution in [0.3, 0.4) is 0 Å². The molecule has 2 N–H and O–H groups in total. The third kappa shape index (κ3) is 2.87. The number of nitrogens with two attached hydrogens (primary N) is 1. The first kappa shape index (κ1) is 8.99. The van der Waals surface area contributed by atoms with Gasteiger partial charge in [-0.2, -0.15) is 0 Å². The van der Waals surface area contributed by atoms with E-state index in [0.717, 1.165) is 5.69 Å². The fourth-order valence-corrected chi connectivity index (χ4v) is 1.33. The van der Waals surface area contributed by atoms with Crippen molar-refractivity contribution in [2.24, 2.45) is 0 Å². The molecule has 0 aromatic carbocycles. The summed E-state index contributed by atoms with van der Waals surface area (Å²) in [5, 5.41) is 2.41. The Morgan fingerprint density at radius 2 is 2.58 bits per heavy atom. The molecule has 0 aliphatic carbocycles. The van der Waals surface area contributed by atoms with E-state index in [1.807, 2.05) is 5.38 Å². The number of esters is 1. The maximum absolute atomic E-state index is 10.4. The van der Waals surface area contributed by atoms with Gasteiger partial charge in [-0.1, -0.05) is 0 Å². The Balaban J connectivity index is 2.29.